The van der Waals surface area contributed by atoms with Crippen molar-refractivity contribution in [2.24, 2.45) is 0 Å². The highest BCUT2D eigenvalue weighted by Crippen LogP contribution is 2.26. The molecule has 0 spiro atoms. The van der Waals surface area contributed by atoms with Gasteiger partial charge in [0.15, 0.2) is 0 Å². The van der Waals surface area contributed by atoms with Crippen molar-refractivity contribution in [2.75, 3.05) is 13.7 Å². The topological polar surface area (TPSA) is 55.4 Å². The van der Waals surface area contributed by atoms with Crippen molar-refractivity contribution < 1.29 is 13.2 Å². The van der Waals surface area contributed by atoms with Gasteiger partial charge in [-0.15, -0.1) is 11.3 Å². The molecule has 0 radical (unpaired) electrons. The minimum Gasteiger partial charge on any atom is -0.375 e. The fraction of sp³-hybridized carbons (Fsp3) is 0.714. The Hall–Kier alpha value is -0.430. The van der Waals surface area contributed by atoms with E-state index in [-0.39, 0.29) is 11.4 Å². The summed E-state index contributed by atoms with van der Waals surface area (Å²) in [6, 6.07) is 4.03. The molecule has 1 N–H and O–H groups in total. The molecule has 1 saturated carbocycles. The Kier molecular flexibility index (Phi) is 5.60. The normalized spacial score (nSPS) is 19.1. The largest absolute Gasteiger partial charge is 0.375 e. The van der Waals surface area contributed by atoms with Gasteiger partial charge in [-0.25, -0.2) is 13.1 Å². The van der Waals surface area contributed by atoms with Crippen molar-refractivity contribution in [3.05, 3.63) is 21.9 Å². The molecule has 6 heteroatoms. The minimum atomic E-state index is -3.22. The molecule has 1 aliphatic carbocycles. The van der Waals surface area contributed by atoms with Gasteiger partial charge in [-0.3, -0.25) is 0 Å². The van der Waals surface area contributed by atoms with Crippen LogP contribution >= 0.6 is 11.3 Å². The van der Waals surface area contributed by atoms with Gasteiger partial charge in [-0.05, 0) is 31.9 Å². The molecule has 0 bridgehead atoms. The maximum atomic E-state index is 12.3. The lowest BCUT2D eigenvalue weighted by Crippen LogP contribution is -2.37. The third-order valence-corrected chi connectivity index (χ3v) is 6.83. The van der Waals surface area contributed by atoms with E-state index >= 15 is 0 Å². The Morgan fingerprint density at radius 1 is 1.35 bits per heavy atom. The summed E-state index contributed by atoms with van der Waals surface area (Å²) in [6.45, 7) is 2.35. The van der Waals surface area contributed by atoms with Gasteiger partial charge >= 0.3 is 0 Å². The zero-order valence-corrected chi connectivity index (χ0v) is 13.7. The van der Waals surface area contributed by atoms with E-state index in [1.165, 1.54) is 4.88 Å². The SMILES string of the molecule is CO[C@@H](CNS(=O)(=O)C1CCCCC1)c1ccc(C)s1. The van der Waals surface area contributed by atoms with Crippen LogP contribution in [0.5, 0.6) is 0 Å². The van der Waals surface area contributed by atoms with Crippen molar-refractivity contribution >= 4 is 21.4 Å². The van der Waals surface area contributed by atoms with Gasteiger partial charge in [0.1, 0.15) is 6.10 Å². The van der Waals surface area contributed by atoms with Gasteiger partial charge < -0.3 is 4.74 Å². The van der Waals surface area contributed by atoms with Crippen molar-refractivity contribution in [3.8, 4) is 0 Å². The smallest absolute Gasteiger partial charge is 0.214 e. The molecule has 1 fully saturated rings. The van der Waals surface area contributed by atoms with E-state index in [9.17, 15) is 8.42 Å². The van der Waals surface area contributed by atoms with E-state index in [0.717, 1.165) is 37.0 Å². The fourth-order valence-electron chi connectivity index (χ4n) is 2.61. The Labute approximate surface area is 125 Å². The lowest BCUT2D eigenvalue weighted by atomic mass is 10.0. The second-order valence-electron chi connectivity index (χ2n) is 5.33. The van der Waals surface area contributed by atoms with Gasteiger partial charge in [0.25, 0.3) is 0 Å². The highest BCUT2D eigenvalue weighted by Gasteiger charge is 2.28. The number of nitrogens with one attached hydrogen (secondary N) is 1. The van der Waals surface area contributed by atoms with Gasteiger partial charge in [-0.1, -0.05) is 19.3 Å². The van der Waals surface area contributed by atoms with Crippen LogP contribution in [0.4, 0.5) is 0 Å². The van der Waals surface area contributed by atoms with Crippen LogP contribution in [-0.4, -0.2) is 27.3 Å². The summed E-state index contributed by atoms with van der Waals surface area (Å²) < 4.78 is 32.7. The third kappa shape index (κ3) is 4.04. The molecule has 1 aromatic rings. The first-order valence-electron chi connectivity index (χ1n) is 7.10. The first-order valence-corrected chi connectivity index (χ1v) is 9.47. The van der Waals surface area contributed by atoms with Gasteiger partial charge in [0, 0.05) is 23.4 Å². The Morgan fingerprint density at radius 2 is 2.05 bits per heavy atom. The van der Waals surface area contributed by atoms with Gasteiger partial charge in [0.2, 0.25) is 10.0 Å². The minimum absolute atomic E-state index is 0.202. The molecule has 0 saturated heterocycles. The van der Waals surface area contributed by atoms with Crippen LogP contribution in [-0.2, 0) is 14.8 Å². The number of rotatable bonds is 6. The lowest BCUT2D eigenvalue weighted by Gasteiger charge is -2.23. The highest BCUT2D eigenvalue weighted by atomic mass is 32.2. The Morgan fingerprint density at radius 3 is 2.60 bits per heavy atom. The van der Waals surface area contributed by atoms with E-state index in [1.54, 1.807) is 18.4 Å². The molecule has 2 rings (SSSR count). The van der Waals surface area contributed by atoms with Crippen LogP contribution in [0.1, 0.15) is 48.0 Å². The summed E-state index contributed by atoms with van der Waals surface area (Å²) in [5, 5.41) is -0.223. The summed E-state index contributed by atoms with van der Waals surface area (Å²) in [7, 11) is -1.60. The molecule has 0 aromatic carbocycles. The molecular weight excluding hydrogens is 294 g/mol. The zero-order chi connectivity index (χ0) is 14.6. The molecule has 0 unspecified atom stereocenters. The molecule has 1 aromatic heterocycles. The van der Waals surface area contributed by atoms with Crippen LogP contribution in [0.25, 0.3) is 0 Å². The quantitative estimate of drug-likeness (QED) is 0.877. The summed E-state index contributed by atoms with van der Waals surface area (Å²) in [4.78, 5) is 2.27. The maximum absolute atomic E-state index is 12.3. The van der Waals surface area contributed by atoms with Crippen molar-refractivity contribution in [1.82, 2.24) is 4.72 Å². The average Bonchev–Trinajstić information content (AvgIpc) is 2.87. The summed E-state index contributed by atoms with van der Waals surface area (Å²) >= 11 is 1.65. The van der Waals surface area contributed by atoms with Crippen molar-refractivity contribution in [1.29, 1.82) is 0 Å². The number of methoxy groups -OCH3 is 1. The van der Waals surface area contributed by atoms with E-state index < -0.39 is 10.0 Å². The fourth-order valence-corrected chi connectivity index (χ4v) is 5.14. The molecule has 1 atom stereocenters. The first-order chi connectivity index (χ1) is 9.53. The monoisotopic (exact) mass is 317 g/mol. The van der Waals surface area contributed by atoms with Crippen LogP contribution in [0.15, 0.2) is 12.1 Å². The molecule has 114 valence electrons. The van der Waals surface area contributed by atoms with Gasteiger partial charge in [0.05, 0.1) is 5.25 Å². The summed E-state index contributed by atoms with van der Waals surface area (Å²) in [6.07, 6.45) is 4.55. The Bertz CT molecular complexity index is 518. The van der Waals surface area contributed by atoms with Crippen molar-refractivity contribution in [2.45, 2.75) is 50.4 Å². The standard InChI is InChI=1S/C14H23NO3S2/c1-11-8-9-14(19-11)13(18-2)10-15-20(16,17)12-6-4-3-5-7-12/h8-9,12-13,15H,3-7,10H2,1-2H3/t13-/m0/s1. The third-order valence-electron chi connectivity index (χ3n) is 3.82. The van der Waals surface area contributed by atoms with E-state index in [4.69, 9.17) is 4.74 Å². The average molecular weight is 317 g/mol. The van der Waals surface area contributed by atoms with Gasteiger partial charge in [-0.2, -0.15) is 0 Å². The molecule has 0 amide bonds. The molecule has 1 aliphatic rings. The van der Waals surface area contributed by atoms with Crippen LogP contribution in [0.2, 0.25) is 0 Å². The predicted octanol–water partition coefficient (Wildman–Crippen LogP) is 3.00. The predicted molar refractivity (Wildman–Crippen MR) is 82.6 cm³/mol. The number of sulfonamides is 1. The number of hydrogen-bond acceptors (Lipinski definition) is 4. The van der Waals surface area contributed by atoms with Crippen molar-refractivity contribution in [3.63, 3.8) is 0 Å². The lowest BCUT2D eigenvalue weighted by molar-refractivity contribution is 0.110. The highest BCUT2D eigenvalue weighted by molar-refractivity contribution is 7.90. The summed E-state index contributed by atoms with van der Waals surface area (Å²) in [5.74, 6) is 0. The molecule has 0 aliphatic heterocycles. The van der Waals surface area contributed by atoms with E-state index in [1.807, 2.05) is 19.1 Å². The molecular formula is C14H23NO3S2. The van der Waals surface area contributed by atoms with E-state index in [0.29, 0.717) is 6.54 Å². The second kappa shape index (κ2) is 7.02. The van der Waals surface area contributed by atoms with Crippen LogP contribution in [0, 0.1) is 6.92 Å². The van der Waals surface area contributed by atoms with Crippen LogP contribution < -0.4 is 4.72 Å². The number of aryl methyl sites for hydroxylation is 1. The molecule has 1 heterocycles. The van der Waals surface area contributed by atoms with Crippen LogP contribution in [0.3, 0.4) is 0 Å². The summed E-state index contributed by atoms with van der Waals surface area (Å²) in [5.41, 5.74) is 0. The Balaban J connectivity index is 1.95. The zero-order valence-electron chi connectivity index (χ0n) is 12.1. The molecule has 20 heavy (non-hydrogen) atoms. The number of thiophene rings is 1. The maximum Gasteiger partial charge on any atom is 0.214 e. The number of hydrogen-bond donors (Lipinski definition) is 1. The molecule has 4 nitrogen and oxygen atoms in total. The second-order valence-corrected chi connectivity index (χ2v) is 8.69. The van der Waals surface area contributed by atoms with E-state index in [2.05, 4.69) is 4.72 Å². The first kappa shape index (κ1) is 15.9. The number of ether oxygens (including phenoxy) is 1.